The second kappa shape index (κ2) is 15.0. The Morgan fingerprint density at radius 2 is 1.58 bits per heavy atom. The van der Waals surface area contributed by atoms with Crippen molar-refractivity contribution in [3.8, 4) is 5.75 Å². The number of hydrogen-bond donors (Lipinski definition) is 0. The van der Waals surface area contributed by atoms with E-state index in [4.69, 9.17) is 4.74 Å². The molecule has 38 heavy (non-hydrogen) atoms. The Kier molecular flexibility index (Phi) is 11.5. The third-order valence-electron chi connectivity index (χ3n) is 9.61. The predicted octanol–water partition coefficient (Wildman–Crippen LogP) is 10.9. The summed E-state index contributed by atoms with van der Waals surface area (Å²) >= 11 is 0. The van der Waals surface area contributed by atoms with Gasteiger partial charge in [0.2, 0.25) is 5.82 Å². The van der Waals surface area contributed by atoms with E-state index in [2.05, 4.69) is 37.3 Å². The molecule has 0 N–H and O–H groups in total. The minimum absolute atomic E-state index is 0.0272. The molecule has 1 aromatic rings. The fraction of sp³-hybridized carbons (Fsp3) is 0.657. The Labute approximate surface area is 230 Å². The molecule has 2 saturated carbocycles. The van der Waals surface area contributed by atoms with Gasteiger partial charge in [0, 0.05) is 5.56 Å². The Hall–Kier alpha value is -1.90. The van der Waals surface area contributed by atoms with Crippen LogP contribution in [-0.4, -0.2) is 6.61 Å². The van der Waals surface area contributed by atoms with E-state index in [0.717, 1.165) is 61.3 Å². The molecule has 1 nitrogen and oxygen atoms in total. The summed E-state index contributed by atoms with van der Waals surface area (Å²) in [5, 5.41) is 0. The molecule has 1 unspecified atom stereocenters. The highest BCUT2D eigenvalue weighted by atomic mass is 19.2. The lowest BCUT2D eigenvalue weighted by atomic mass is 9.68. The highest BCUT2D eigenvalue weighted by Crippen LogP contribution is 2.43. The third-order valence-corrected chi connectivity index (χ3v) is 9.61. The number of halogens is 2. The first-order valence-corrected chi connectivity index (χ1v) is 15.7. The average molecular weight is 525 g/mol. The Morgan fingerprint density at radius 3 is 2.24 bits per heavy atom. The summed E-state index contributed by atoms with van der Waals surface area (Å²) in [6, 6.07) is 3.28. The van der Waals surface area contributed by atoms with Gasteiger partial charge in [-0.05, 0) is 131 Å². The van der Waals surface area contributed by atoms with Crippen molar-refractivity contribution in [3.63, 3.8) is 0 Å². The summed E-state index contributed by atoms with van der Waals surface area (Å²) in [5.41, 5.74) is 1.33. The van der Waals surface area contributed by atoms with E-state index in [1.807, 2.05) is 6.92 Å². The van der Waals surface area contributed by atoms with Gasteiger partial charge in [0.25, 0.3) is 0 Å². The van der Waals surface area contributed by atoms with E-state index in [0.29, 0.717) is 18.1 Å². The first kappa shape index (κ1) is 29.1. The van der Waals surface area contributed by atoms with Crippen molar-refractivity contribution in [2.75, 3.05) is 6.61 Å². The maximum Gasteiger partial charge on any atom is 0.201 e. The van der Waals surface area contributed by atoms with Gasteiger partial charge in [0.05, 0.1) is 6.61 Å². The number of benzene rings is 1. The molecule has 0 bridgehead atoms. The smallest absolute Gasteiger partial charge is 0.201 e. The van der Waals surface area contributed by atoms with Gasteiger partial charge in [0.1, 0.15) is 0 Å². The van der Waals surface area contributed by atoms with Gasteiger partial charge in [0.15, 0.2) is 11.6 Å². The van der Waals surface area contributed by atoms with Crippen molar-refractivity contribution in [2.45, 2.75) is 110 Å². The topological polar surface area (TPSA) is 9.23 Å². The van der Waals surface area contributed by atoms with E-state index in [1.54, 1.807) is 12.1 Å². The highest BCUT2D eigenvalue weighted by Gasteiger charge is 2.30. The lowest BCUT2D eigenvalue weighted by Crippen LogP contribution is -2.25. The second-order valence-electron chi connectivity index (χ2n) is 12.2. The molecule has 3 heteroatoms. The Balaban J connectivity index is 1.20. The zero-order valence-corrected chi connectivity index (χ0v) is 23.9. The normalized spacial score (nSPS) is 28.6. The molecule has 210 valence electrons. The number of rotatable bonds is 11. The minimum Gasteiger partial charge on any atom is -0.490 e. The van der Waals surface area contributed by atoms with Gasteiger partial charge in [-0.3, -0.25) is 0 Å². The second-order valence-corrected chi connectivity index (χ2v) is 12.2. The predicted molar refractivity (Wildman–Crippen MR) is 156 cm³/mol. The van der Waals surface area contributed by atoms with Crippen LogP contribution in [-0.2, 0) is 0 Å². The summed E-state index contributed by atoms with van der Waals surface area (Å²) in [5.74, 6) is 2.54. The molecule has 0 aliphatic heterocycles. The standard InChI is InChI=1S/C35H50F2O/c1-3-5-7-8-26-11-17-29(18-12-26)30-19-13-27(14-20-30)9-10-28-15-21-31(22-16-28)32-23-24-33(35(37)34(32)36)38-25-6-4-2/h3,5,9-10,21,23-24,26-30H,4,6-8,11-20,22,25H2,1-2H3. The van der Waals surface area contributed by atoms with Crippen LogP contribution in [0.15, 0.2) is 42.5 Å². The van der Waals surface area contributed by atoms with E-state index in [-0.39, 0.29) is 5.75 Å². The van der Waals surface area contributed by atoms with Crippen molar-refractivity contribution in [3.05, 3.63) is 59.7 Å². The van der Waals surface area contributed by atoms with Crippen LogP contribution in [0.5, 0.6) is 5.75 Å². The molecule has 0 spiro atoms. The van der Waals surface area contributed by atoms with Crippen molar-refractivity contribution < 1.29 is 13.5 Å². The van der Waals surface area contributed by atoms with E-state index in [9.17, 15) is 8.78 Å². The molecule has 0 saturated heterocycles. The zero-order valence-electron chi connectivity index (χ0n) is 23.9. The van der Waals surface area contributed by atoms with Gasteiger partial charge in [-0.2, -0.15) is 4.39 Å². The molecular weight excluding hydrogens is 474 g/mol. The molecule has 1 aromatic carbocycles. The lowest BCUT2D eigenvalue weighted by molar-refractivity contribution is 0.153. The fourth-order valence-corrected chi connectivity index (χ4v) is 7.06. The maximum absolute atomic E-state index is 14.8. The highest BCUT2D eigenvalue weighted by molar-refractivity contribution is 5.67. The number of unbranched alkanes of at least 4 members (excludes halogenated alkanes) is 1. The SMILES string of the molecule is CC=CCCC1CCC(C2CCC(C=CC3CC=C(c4ccc(OCCCC)c(F)c4F)CC3)CC2)CC1. The maximum atomic E-state index is 14.8. The molecule has 0 aromatic heterocycles. The van der Waals surface area contributed by atoms with Gasteiger partial charge < -0.3 is 4.74 Å². The van der Waals surface area contributed by atoms with E-state index >= 15 is 0 Å². The van der Waals surface area contributed by atoms with E-state index in [1.165, 1.54) is 64.2 Å². The Bertz CT molecular complexity index is 945. The summed E-state index contributed by atoms with van der Waals surface area (Å²) in [4.78, 5) is 0. The molecule has 4 rings (SSSR count). The van der Waals surface area contributed by atoms with Gasteiger partial charge in [-0.1, -0.05) is 56.6 Å². The zero-order chi connectivity index (χ0) is 26.7. The number of hydrogen-bond acceptors (Lipinski definition) is 1. The fourth-order valence-electron chi connectivity index (χ4n) is 7.06. The average Bonchev–Trinajstić information content (AvgIpc) is 2.96. The molecule has 0 heterocycles. The largest absolute Gasteiger partial charge is 0.490 e. The van der Waals surface area contributed by atoms with Crippen LogP contribution in [0.1, 0.15) is 116 Å². The summed E-state index contributed by atoms with van der Waals surface area (Å²) in [7, 11) is 0. The van der Waals surface area contributed by atoms with Crippen LogP contribution in [0.25, 0.3) is 5.57 Å². The first-order chi connectivity index (χ1) is 18.6. The monoisotopic (exact) mass is 524 g/mol. The van der Waals surface area contributed by atoms with Crippen LogP contribution in [0, 0.1) is 41.2 Å². The summed E-state index contributed by atoms with van der Waals surface area (Å²) in [6.07, 6.45) is 30.0. The van der Waals surface area contributed by atoms with Crippen molar-refractivity contribution in [1.29, 1.82) is 0 Å². The van der Waals surface area contributed by atoms with Gasteiger partial charge in [-0.15, -0.1) is 0 Å². The Morgan fingerprint density at radius 1 is 0.868 bits per heavy atom. The molecule has 1 atom stereocenters. The molecule has 3 aliphatic rings. The van der Waals surface area contributed by atoms with Crippen LogP contribution in [0.2, 0.25) is 0 Å². The summed E-state index contributed by atoms with van der Waals surface area (Å²) < 4.78 is 34.7. The summed E-state index contributed by atoms with van der Waals surface area (Å²) in [6.45, 7) is 4.59. The number of allylic oxidation sites excluding steroid dienone is 6. The molecule has 0 amide bonds. The van der Waals surface area contributed by atoms with Crippen LogP contribution in [0.4, 0.5) is 8.78 Å². The first-order valence-electron chi connectivity index (χ1n) is 15.7. The van der Waals surface area contributed by atoms with E-state index < -0.39 is 11.6 Å². The minimum atomic E-state index is -0.852. The molecule has 2 fully saturated rings. The third kappa shape index (κ3) is 8.06. The van der Waals surface area contributed by atoms with Gasteiger partial charge in [-0.25, -0.2) is 4.39 Å². The van der Waals surface area contributed by atoms with Crippen molar-refractivity contribution in [1.82, 2.24) is 0 Å². The van der Waals surface area contributed by atoms with Crippen LogP contribution in [0.3, 0.4) is 0 Å². The van der Waals surface area contributed by atoms with Crippen LogP contribution >= 0.6 is 0 Å². The quantitative estimate of drug-likeness (QED) is 0.207. The lowest BCUT2D eigenvalue weighted by Gasteiger charge is -2.37. The number of ether oxygens (including phenoxy) is 1. The van der Waals surface area contributed by atoms with Gasteiger partial charge >= 0.3 is 0 Å². The van der Waals surface area contributed by atoms with Crippen molar-refractivity contribution >= 4 is 5.57 Å². The molecule has 0 radical (unpaired) electrons. The molecule has 3 aliphatic carbocycles. The molecular formula is C35H50F2O. The van der Waals surface area contributed by atoms with Crippen molar-refractivity contribution in [2.24, 2.45) is 29.6 Å². The van der Waals surface area contributed by atoms with Crippen LogP contribution < -0.4 is 4.74 Å².